The summed E-state index contributed by atoms with van der Waals surface area (Å²) in [5, 5.41) is 11.3. The van der Waals surface area contributed by atoms with Crippen LogP contribution in [0.5, 0.6) is 0 Å². The van der Waals surface area contributed by atoms with Gasteiger partial charge in [0.05, 0.1) is 16.8 Å². The molecule has 1 fully saturated rings. The van der Waals surface area contributed by atoms with Crippen molar-refractivity contribution in [3.05, 3.63) is 24.3 Å². The highest BCUT2D eigenvalue weighted by molar-refractivity contribution is 7.78. The highest BCUT2D eigenvalue weighted by Crippen LogP contribution is 2.25. The van der Waals surface area contributed by atoms with Gasteiger partial charge in [-0.1, -0.05) is 0 Å². The maximum atomic E-state index is 10.9. The predicted octanol–water partition coefficient (Wildman–Crippen LogP) is 2.72. The first-order valence-electron chi connectivity index (χ1n) is 5.86. The smallest absolute Gasteiger partial charge is 0.306 e. The molecule has 0 aliphatic carbocycles. The largest absolute Gasteiger partial charge is 0.481 e. The molecule has 4 nitrogen and oxygen atoms in total. The molecule has 0 saturated carbocycles. The monoisotopic (exact) mass is 262 g/mol. The number of nitrogens with zero attached hydrogens (tertiary/aromatic N) is 2. The van der Waals surface area contributed by atoms with Crippen molar-refractivity contribution in [3.8, 4) is 0 Å². The molecular weight excluding hydrogens is 248 g/mol. The van der Waals surface area contributed by atoms with E-state index in [1.54, 1.807) is 0 Å². The lowest BCUT2D eigenvalue weighted by atomic mass is 9.97. The third kappa shape index (κ3) is 2.94. The Hall–Kier alpha value is -1.71. The van der Waals surface area contributed by atoms with Crippen LogP contribution in [-0.2, 0) is 4.79 Å². The lowest BCUT2D eigenvalue weighted by Crippen LogP contribution is -2.36. The third-order valence-corrected chi connectivity index (χ3v) is 3.33. The van der Waals surface area contributed by atoms with Crippen molar-refractivity contribution in [3.63, 3.8) is 0 Å². The summed E-state index contributed by atoms with van der Waals surface area (Å²) >= 11 is 4.55. The van der Waals surface area contributed by atoms with Gasteiger partial charge in [0.1, 0.15) is 0 Å². The summed E-state index contributed by atoms with van der Waals surface area (Å²) in [5.74, 6) is -0.875. The third-order valence-electron chi connectivity index (χ3n) is 3.23. The molecular formula is C13H14N2O2S. The van der Waals surface area contributed by atoms with E-state index >= 15 is 0 Å². The minimum atomic E-state index is -0.680. The molecule has 1 aromatic carbocycles. The Morgan fingerprint density at radius 1 is 1.33 bits per heavy atom. The van der Waals surface area contributed by atoms with Gasteiger partial charge in [0, 0.05) is 18.8 Å². The molecule has 0 bridgehead atoms. The number of aliphatic carboxylic acids is 1. The second-order valence-corrected chi connectivity index (χ2v) is 4.50. The minimum Gasteiger partial charge on any atom is -0.481 e. The molecule has 1 aliphatic rings. The van der Waals surface area contributed by atoms with Gasteiger partial charge in [-0.2, -0.15) is 4.99 Å². The zero-order chi connectivity index (χ0) is 13.0. The summed E-state index contributed by atoms with van der Waals surface area (Å²) in [6.45, 7) is 1.57. The second-order valence-electron chi connectivity index (χ2n) is 4.32. The summed E-state index contributed by atoms with van der Waals surface area (Å²) in [7, 11) is 0. The normalized spacial score (nSPS) is 16.1. The van der Waals surface area contributed by atoms with E-state index in [4.69, 9.17) is 5.11 Å². The van der Waals surface area contributed by atoms with Crippen molar-refractivity contribution in [1.29, 1.82) is 0 Å². The molecule has 1 N–H and O–H groups in total. The number of anilines is 1. The molecule has 1 aliphatic heterocycles. The van der Waals surface area contributed by atoms with Gasteiger partial charge in [-0.3, -0.25) is 4.79 Å². The van der Waals surface area contributed by atoms with E-state index in [1.165, 1.54) is 0 Å². The Morgan fingerprint density at radius 2 is 1.94 bits per heavy atom. The number of aliphatic imine (C=N–C) groups is 1. The van der Waals surface area contributed by atoms with Crippen LogP contribution in [0.1, 0.15) is 12.8 Å². The van der Waals surface area contributed by atoms with Crippen molar-refractivity contribution in [2.75, 3.05) is 18.0 Å². The first-order valence-corrected chi connectivity index (χ1v) is 6.27. The lowest BCUT2D eigenvalue weighted by Gasteiger charge is -2.31. The van der Waals surface area contributed by atoms with Gasteiger partial charge in [0.2, 0.25) is 0 Å². The van der Waals surface area contributed by atoms with E-state index in [-0.39, 0.29) is 5.92 Å². The summed E-state index contributed by atoms with van der Waals surface area (Å²) < 4.78 is 0. The van der Waals surface area contributed by atoms with Crippen LogP contribution in [-0.4, -0.2) is 29.3 Å². The van der Waals surface area contributed by atoms with Gasteiger partial charge in [-0.15, -0.1) is 0 Å². The van der Waals surface area contributed by atoms with Gasteiger partial charge in [0.15, 0.2) is 0 Å². The van der Waals surface area contributed by atoms with E-state index in [1.807, 2.05) is 24.3 Å². The van der Waals surface area contributed by atoms with Gasteiger partial charge < -0.3 is 10.0 Å². The quantitative estimate of drug-likeness (QED) is 0.672. The fourth-order valence-corrected chi connectivity index (χ4v) is 2.28. The van der Waals surface area contributed by atoms with Gasteiger partial charge in [0.25, 0.3) is 0 Å². The maximum Gasteiger partial charge on any atom is 0.306 e. The molecule has 0 atom stereocenters. The zero-order valence-corrected chi connectivity index (χ0v) is 10.7. The summed E-state index contributed by atoms with van der Waals surface area (Å²) in [5.41, 5.74) is 1.89. The second kappa shape index (κ2) is 5.76. The summed E-state index contributed by atoms with van der Waals surface area (Å²) in [6, 6.07) is 7.73. The number of carboxylic acid groups (broad SMARTS) is 1. The van der Waals surface area contributed by atoms with Crippen LogP contribution in [0.25, 0.3) is 0 Å². The van der Waals surface area contributed by atoms with Crippen LogP contribution in [0.4, 0.5) is 11.4 Å². The Balaban J connectivity index is 2.01. The van der Waals surface area contributed by atoms with Crippen LogP contribution in [0.3, 0.4) is 0 Å². The fourth-order valence-electron chi connectivity index (χ4n) is 2.18. The van der Waals surface area contributed by atoms with Crippen LogP contribution in [0.2, 0.25) is 0 Å². The fraction of sp³-hybridized carbons (Fsp3) is 0.385. The molecule has 18 heavy (non-hydrogen) atoms. The number of piperidine rings is 1. The molecule has 94 valence electrons. The average Bonchev–Trinajstić information content (AvgIpc) is 2.40. The number of carbonyl (C=O) groups is 1. The molecule has 1 aromatic rings. The minimum absolute atomic E-state index is 0.195. The first-order chi connectivity index (χ1) is 8.70. The van der Waals surface area contributed by atoms with Crippen molar-refractivity contribution in [2.24, 2.45) is 10.9 Å². The van der Waals surface area contributed by atoms with Gasteiger partial charge in [-0.25, -0.2) is 0 Å². The van der Waals surface area contributed by atoms with Crippen molar-refractivity contribution in [1.82, 2.24) is 0 Å². The average molecular weight is 262 g/mol. The highest BCUT2D eigenvalue weighted by Gasteiger charge is 2.24. The van der Waals surface area contributed by atoms with E-state index in [0.717, 1.165) is 24.5 Å². The molecule has 0 aromatic heterocycles. The van der Waals surface area contributed by atoms with E-state index in [2.05, 4.69) is 27.3 Å². The van der Waals surface area contributed by atoms with E-state index in [9.17, 15) is 4.79 Å². The Kier molecular flexibility index (Phi) is 4.07. The van der Waals surface area contributed by atoms with E-state index in [0.29, 0.717) is 12.8 Å². The number of thiocarbonyl (C=S) groups is 1. The number of isothiocyanates is 1. The Labute approximate surface area is 111 Å². The number of hydrogen-bond acceptors (Lipinski definition) is 4. The topological polar surface area (TPSA) is 52.9 Å². The van der Waals surface area contributed by atoms with Crippen LogP contribution in [0, 0.1) is 5.92 Å². The number of hydrogen-bond donors (Lipinski definition) is 1. The van der Waals surface area contributed by atoms with Crippen molar-refractivity contribution >= 4 is 34.7 Å². The number of rotatable bonds is 3. The summed E-state index contributed by atoms with van der Waals surface area (Å²) in [4.78, 5) is 17.0. The van der Waals surface area contributed by atoms with Crippen molar-refractivity contribution in [2.45, 2.75) is 12.8 Å². The maximum absolute atomic E-state index is 10.9. The molecule has 1 heterocycles. The Morgan fingerprint density at radius 3 is 2.44 bits per heavy atom. The molecule has 1 saturated heterocycles. The van der Waals surface area contributed by atoms with Gasteiger partial charge in [-0.05, 0) is 49.3 Å². The molecule has 0 radical (unpaired) electrons. The van der Waals surface area contributed by atoms with Crippen molar-refractivity contribution < 1.29 is 9.90 Å². The molecule has 0 amide bonds. The van der Waals surface area contributed by atoms with Crippen LogP contribution in [0.15, 0.2) is 29.3 Å². The van der Waals surface area contributed by atoms with Crippen LogP contribution >= 0.6 is 12.2 Å². The van der Waals surface area contributed by atoms with Crippen LogP contribution < -0.4 is 4.90 Å². The zero-order valence-electron chi connectivity index (χ0n) is 9.87. The molecule has 5 heteroatoms. The SMILES string of the molecule is O=C(O)C1CCN(c2ccc(N=C=S)cc2)CC1. The predicted molar refractivity (Wildman–Crippen MR) is 73.7 cm³/mol. The number of carboxylic acids is 1. The van der Waals surface area contributed by atoms with E-state index < -0.39 is 5.97 Å². The lowest BCUT2D eigenvalue weighted by molar-refractivity contribution is -0.142. The highest BCUT2D eigenvalue weighted by atomic mass is 32.1. The number of benzene rings is 1. The standard InChI is InChI=1S/C13H14N2O2S/c16-13(17)10-5-7-15(8-6-10)12-3-1-11(2-4-12)14-9-18/h1-4,10H,5-8H2,(H,16,17). The van der Waals surface area contributed by atoms with Gasteiger partial charge >= 0.3 is 5.97 Å². The first kappa shape index (κ1) is 12.7. The Bertz CT molecular complexity index is 472. The summed E-state index contributed by atoms with van der Waals surface area (Å²) in [6.07, 6.45) is 1.41. The molecule has 0 spiro atoms. The molecule has 2 rings (SSSR count). The molecule has 0 unspecified atom stereocenters.